The van der Waals surface area contributed by atoms with Gasteiger partial charge in [0.15, 0.2) is 6.29 Å². The zero-order valence-corrected chi connectivity index (χ0v) is 13.1. The molecule has 2 rings (SSSR count). The number of carbonyl (C=O) groups excluding carboxylic acids is 2. The van der Waals surface area contributed by atoms with Gasteiger partial charge in [0.05, 0.1) is 6.61 Å². The maximum atomic E-state index is 11.1. The molecule has 0 saturated carbocycles. The number of rotatable bonds is 6. The van der Waals surface area contributed by atoms with Crippen molar-refractivity contribution >= 4 is 11.9 Å². The van der Waals surface area contributed by atoms with Crippen LogP contribution >= 0.6 is 0 Å². The molecule has 0 radical (unpaired) electrons. The highest BCUT2D eigenvalue weighted by molar-refractivity contribution is 5.66. The van der Waals surface area contributed by atoms with Crippen LogP contribution in [0.25, 0.3) is 0 Å². The molecular formula is C17H20O6. The Balaban J connectivity index is 1.94. The molecule has 0 saturated heterocycles. The standard InChI is InChI=1S/C17H20O6/c1-12(18)20-11-16-15(22-13(2)19)8-9-17(23-16)21-10-14-6-4-3-5-7-14/h3-9,15-17H,10-11H2,1-2H3/t15-,16?,17+/m0/s1. The predicted octanol–water partition coefficient (Wildman–Crippen LogP) is 1.98. The van der Waals surface area contributed by atoms with Gasteiger partial charge in [-0.1, -0.05) is 30.3 Å². The molecule has 124 valence electrons. The highest BCUT2D eigenvalue weighted by atomic mass is 16.7. The van der Waals surface area contributed by atoms with E-state index < -0.39 is 30.4 Å². The summed E-state index contributed by atoms with van der Waals surface area (Å²) in [5, 5.41) is 0. The molecule has 6 nitrogen and oxygen atoms in total. The first-order valence-corrected chi connectivity index (χ1v) is 7.34. The molecule has 6 heteroatoms. The third-order valence-electron chi connectivity index (χ3n) is 3.14. The fourth-order valence-corrected chi connectivity index (χ4v) is 2.11. The molecule has 0 aliphatic carbocycles. The smallest absolute Gasteiger partial charge is 0.303 e. The van der Waals surface area contributed by atoms with E-state index in [9.17, 15) is 9.59 Å². The second-order valence-corrected chi connectivity index (χ2v) is 5.10. The summed E-state index contributed by atoms with van der Waals surface area (Å²) in [6.45, 7) is 2.99. The van der Waals surface area contributed by atoms with Gasteiger partial charge in [-0.25, -0.2) is 0 Å². The van der Waals surface area contributed by atoms with Crippen molar-refractivity contribution in [2.45, 2.75) is 39.0 Å². The van der Waals surface area contributed by atoms with Gasteiger partial charge in [0.1, 0.15) is 18.8 Å². The Bertz CT molecular complexity index is 553. The van der Waals surface area contributed by atoms with E-state index in [1.807, 2.05) is 30.3 Å². The summed E-state index contributed by atoms with van der Waals surface area (Å²) < 4.78 is 21.5. The average Bonchev–Trinajstić information content (AvgIpc) is 2.53. The minimum absolute atomic E-state index is 0.0111. The summed E-state index contributed by atoms with van der Waals surface area (Å²) in [5.74, 6) is -0.855. The van der Waals surface area contributed by atoms with Crippen LogP contribution in [0.5, 0.6) is 0 Å². The minimum Gasteiger partial charge on any atom is -0.463 e. The Kier molecular flexibility index (Phi) is 6.31. The number of esters is 2. The first kappa shape index (κ1) is 17.2. The van der Waals surface area contributed by atoms with Crippen LogP contribution in [0.15, 0.2) is 42.5 Å². The third-order valence-corrected chi connectivity index (χ3v) is 3.14. The second kappa shape index (κ2) is 8.45. The summed E-state index contributed by atoms with van der Waals surface area (Å²) in [6.07, 6.45) is 1.56. The molecular weight excluding hydrogens is 300 g/mol. The Morgan fingerprint density at radius 2 is 1.83 bits per heavy atom. The molecule has 0 aromatic heterocycles. The van der Waals surface area contributed by atoms with Crippen LogP contribution in [-0.4, -0.2) is 37.0 Å². The molecule has 1 unspecified atom stereocenters. The Morgan fingerprint density at radius 1 is 1.09 bits per heavy atom. The van der Waals surface area contributed by atoms with Crippen LogP contribution in [0.3, 0.4) is 0 Å². The quantitative estimate of drug-likeness (QED) is 0.589. The van der Waals surface area contributed by atoms with Crippen molar-refractivity contribution in [3.8, 4) is 0 Å². The minimum atomic E-state index is -0.608. The van der Waals surface area contributed by atoms with Gasteiger partial charge in [-0.15, -0.1) is 0 Å². The van der Waals surface area contributed by atoms with Gasteiger partial charge >= 0.3 is 11.9 Å². The lowest BCUT2D eigenvalue weighted by Gasteiger charge is -2.31. The molecule has 0 spiro atoms. The van der Waals surface area contributed by atoms with Crippen molar-refractivity contribution < 1.29 is 28.5 Å². The van der Waals surface area contributed by atoms with E-state index in [2.05, 4.69) is 0 Å². The monoisotopic (exact) mass is 320 g/mol. The second-order valence-electron chi connectivity index (χ2n) is 5.10. The highest BCUT2D eigenvalue weighted by Crippen LogP contribution is 2.19. The average molecular weight is 320 g/mol. The van der Waals surface area contributed by atoms with Crippen molar-refractivity contribution in [2.24, 2.45) is 0 Å². The Labute approximate surface area is 135 Å². The molecule has 3 atom stereocenters. The first-order chi connectivity index (χ1) is 11.0. The van der Waals surface area contributed by atoms with Gasteiger partial charge in [0, 0.05) is 13.8 Å². The van der Waals surface area contributed by atoms with Gasteiger partial charge in [-0.3, -0.25) is 9.59 Å². The zero-order valence-electron chi connectivity index (χ0n) is 13.1. The van der Waals surface area contributed by atoms with Crippen molar-refractivity contribution in [1.29, 1.82) is 0 Å². The Hall–Kier alpha value is -2.18. The van der Waals surface area contributed by atoms with Gasteiger partial charge in [-0.2, -0.15) is 0 Å². The molecule has 1 aromatic carbocycles. The molecule has 0 amide bonds. The lowest BCUT2D eigenvalue weighted by Crippen LogP contribution is -2.42. The molecule has 0 fully saturated rings. The lowest BCUT2D eigenvalue weighted by atomic mass is 10.1. The number of hydrogen-bond donors (Lipinski definition) is 0. The normalized spacial score (nSPS) is 23.3. The van der Waals surface area contributed by atoms with Gasteiger partial charge in [-0.05, 0) is 17.7 Å². The van der Waals surface area contributed by atoms with Crippen LogP contribution in [0.4, 0.5) is 0 Å². The van der Waals surface area contributed by atoms with E-state index in [0.29, 0.717) is 6.61 Å². The van der Waals surface area contributed by atoms with Gasteiger partial charge in [0.25, 0.3) is 0 Å². The summed E-state index contributed by atoms with van der Waals surface area (Å²) in [5.41, 5.74) is 1.02. The number of ether oxygens (including phenoxy) is 4. The highest BCUT2D eigenvalue weighted by Gasteiger charge is 2.31. The van der Waals surface area contributed by atoms with Crippen LogP contribution in [-0.2, 0) is 35.1 Å². The number of benzene rings is 1. The van der Waals surface area contributed by atoms with Gasteiger partial charge < -0.3 is 18.9 Å². The van der Waals surface area contributed by atoms with E-state index >= 15 is 0 Å². The van der Waals surface area contributed by atoms with Crippen LogP contribution in [0, 0.1) is 0 Å². The van der Waals surface area contributed by atoms with E-state index in [4.69, 9.17) is 18.9 Å². The van der Waals surface area contributed by atoms with E-state index in [0.717, 1.165) is 5.56 Å². The van der Waals surface area contributed by atoms with Crippen molar-refractivity contribution in [2.75, 3.05) is 6.61 Å². The first-order valence-electron chi connectivity index (χ1n) is 7.34. The maximum absolute atomic E-state index is 11.1. The topological polar surface area (TPSA) is 71.1 Å². The zero-order chi connectivity index (χ0) is 16.7. The SMILES string of the molecule is CC(=O)OCC1O[C@@H](OCc2ccccc2)C=C[C@@H]1OC(C)=O. The van der Waals surface area contributed by atoms with Crippen LogP contribution in [0.2, 0.25) is 0 Å². The molecule has 1 aromatic rings. The summed E-state index contributed by atoms with van der Waals surface area (Å²) in [4.78, 5) is 22.1. The van der Waals surface area contributed by atoms with Crippen LogP contribution in [0.1, 0.15) is 19.4 Å². The molecule has 1 aliphatic heterocycles. The predicted molar refractivity (Wildman–Crippen MR) is 81.2 cm³/mol. The molecule has 0 N–H and O–H groups in total. The summed E-state index contributed by atoms with van der Waals surface area (Å²) in [6, 6.07) is 9.68. The van der Waals surface area contributed by atoms with E-state index in [1.54, 1.807) is 12.2 Å². The van der Waals surface area contributed by atoms with Crippen LogP contribution < -0.4 is 0 Å². The number of hydrogen-bond acceptors (Lipinski definition) is 6. The number of carbonyl (C=O) groups is 2. The maximum Gasteiger partial charge on any atom is 0.303 e. The third kappa shape index (κ3) is 5.84. The molecule has 1 heterocycles. The summed E-state index contributed by atoms with van der Waals surface area (Å²) >= 11 is 0. The largest absolute Gasteiger partial charge is 0.463 e. The molecule has 0 bridgehead atoms. The summed E-state index contributed by atoms with van der Waals surface area (Å²) in [7, 11) is 0. The van der Waals surface area contributed by atoms with E-state index in [1.165, 1.54) is 13.8 Å². The fourth-order valence-electron chi connectivity index (χ4n) is 2.11. The van der Waals surface area contributed by atoms with Gasteiger partial charge in [0.2, 0.25) is 0 Å². The van der Waals surface area contributed by atoms with Crippen molar-refractivity contribution in [3.05, 3.63) is 48.0 Å². The van der Waals surface area contributed by atoms with E-state index in [-0.39, 0.29) is 6.61 Å². The van der Waals surface area contributed by atoms with Crippen molar-refractivity contribution in [3.63, 3.8) is 0 Å². The Morgan fingerprint density at radius 3 is 2.48 bits per heavy atom. The lowest BCUT2D eigenvalue weighted by molar-refractivity contribution is -0.200. The fraction of sp³-hybridized carbons (Fsp3) is 0.412. The molecule has 23 heavy (non-hydrogen) atoms. The molecule has 1 aliphatic rings. The van der Waals surface area contributed by atoms with Crippen molar-refractivity contribution in [1.82, 2.24) is 0 Å².